The van der Waals surface area contributed by atoms with Gasteiger partial charge in [-0.05, 0) is 59.8 Å². The van der Waals surface area contributed by atoms with Crippen molar-refractivity contribution in [1.82, 2.24) is 20.6 Å². The van der Waals surface area contributed by atoms with Crippen molar-refractivity contribution >= 4 is 34.5 Å². The lowest BCUT2D eigenvalue weighted by Crippen LogP contribution is -2.15. The Bertz CT molecular complexity index is 1160. The maximum atomic E-state index is 12.8. The van der Waals surface area contributed by atoms with Gasteiger partial charge in [-0.25, -0.2) is 0 Å². The van der Waals surface area contributed by atoms with Crippen LogP contribution < -0.4 is 10.6 Å². The van der Waals surface area contributed by atoms with Crippen molar-refractivity contribution in [2.45, 2.75) is 19.3 Å². The van der Waals surface area contributed by atoms with E-state index in [4.69, 9.17) is 0 Å². The Hall–Kier alpha value is -3.85. The molecule has 2 heterocycles. The molecule has 0 fully saturated rings. The van der Waals surface area contributed by atoms with Crippen LogP contribution in [0.3, 0.4) is 0 Å². The minimum atomic E-state index is -0.301. The molecule has 4 aromatic rings. The maximum absolute atomic E-state index is 12.8. The third-order valence-electron chi connectivity index (χ3n) is 4.58. The van der Waals surface area contributed by atoms with Crippen LogP contribution in [-0.2, 0) is 11.2 Å². The third kappa shape index (κ3) is 5.40. The van der Waals surface area contributed by atoms with E-state index in [1.165, 1.54) is 4.88 Å². The van der Waals surface area contributed by atoms with Crippen LogP contribution in [-0.4, -0.2) is 32.4 Å². The molecule has 0 spiro atoms. The molecule has 0 unspecified atom stereocenters. The summed E-state index contributed by atoms with van der Waals surface area (Å²) in [5.41, 5.74) is 2.23. The molecule has 2 aromatic heterocycles. The predicted molar refractivity (Wildman–Crippen MR) is 120 cm³/mol. The van der Waals surface area contributed by atoms with Gasteiger partial charge >= 0.3 is 0 Å². The van der Waals surface area contributed by atoms with Gasteiger partial charge in [-0.3, -0.25) is 9.59 Å². The van der Waals surface area contributed by atoms with Crippen LogP contribution in [0.2, 0.25) is 0 Å². The lowest BCUT2D eigenvalue weighted by atomic mass is 10.1. The molecule has 0 aliphatic rings. The summed E-state index contributed by atoms with van der Waals surface area (Å²) in [5.74, 6) is 0.0146. The van der Waals surface area contributed by atoms with Gasteiger partial charge in [0.15, 0.2) is 0 Å². The first kappa shape index (κ1) is 20.4. The van der Waals surface area contributed by atoms with Gasteiger partial charge in [0.1, 0.15) is 0 Å². The summed E-state index contributed by atoms with van der Waals surface area (Å²) in [7, 11) is 0. The number of aryl methyl sites for hydroxylation is 1. The number of rotatable bonds is 8. The van der Waals surface area contributed by atoms with E-state index in [0.29, 0.717) is 34.7 Å². The Morgan fingerprint density at radius 2 is 1.90 bits per heavy atom. The van der Waals surface area contributed by atoms with Crippen LogP contribution in [0.4, 0.5) is 11.4 Å². The van der Waals surface area contributed by atoms with E-state index in [-0.39, 0.29) is 11.8 Å². The second-order valence-corrected chi connectivity index (χ2v) is 7.83. The number of tetrazole rings is 1. The summed E-state index contributed by atoms with van der Waals surface area (Å²) in [5, 5.41) is 21.7. The number of nitrogens with zero attached hydrogens (tertiary/aromatic N) is 3. The van der Waals surface area contributed by atoms with Gasteiger partial charge in [0.05, 0.1) is 5.69 Å². The van der Waals surface area contributed by atoms with Gasteiger partial charge in [0, 0.05) is 28.1 Å². The van der Waals surface area contributed by atoms with Gasteiger partial charge in [-0.1, -0.05) is 24.3 Å². The summed E-state index contributed by atoms with van der Waals surface area (Å²) < 4.78 is 0. The molecule has 0 aliphatic carbocycles. The predicted octanol–water partition coefficient (Wildman–Crippen LogP) is 4.14. The summed E-state index contributed by atoms with van der Waals surface area (Å²) in [6, 6.07) is 18.1. The first-order valence-corrected chi connectivity index (χ1v) is 10.6. The summed E-state index contributed by atoms with van der Waals surface area (Å²) in [6.45, 7) is 0. The van der Waals surface area contributed by atoms with E-state index < -0.39 is 0 Å². The zero-order valence-corrected chi connectivity index (χ0v) is 17.4. The Balaban J connectivity index is 1.38. The largest absolute Gasteiger partial charge is 0.326 e. The molecule has 0 saturated carbocycles. The summed E-state index contributed by atoms with van der Waals surface area (Å²) in [4.78, 5) is 26.3. The normalized spacial score (nSPS) is 10.6. The number of thiophene rings is 1. The summed E-state index contributed by atoms with van der Waals surface area (Å²) in [6.07, 6.45) is 2.08. The van der Waals surface area contributed by atoms with E-state index in [2.05, 4.69) is 37.3 Å². The molecule has 0 aliphatic heterocycles. The van der Waals surface area contributed by atoms with Gasteiger partial charge < -0.3 is 10.6 Å². The van der Waals surface area contributed by atoms with Crippen molar-refractivity contribution in [1.29, 1.82) is 0 Å². The smallest absolute Gasteiger partial charge is 0.255 e. The van der Waals surface area contributed by atoms with E-state index in [1.807, 2.05) is 23.6 Å². The molecule has 9 heteroatoms. The number of aromatic amines is 1. The van der Waals surface area contributed by atoms with Crippen molar-refractivity contribution in [3.8, 4) is 11.4 Å². The molecule has 31 heavy (non-hydrogen) atoms. The molecule has 8 nitrogen and oxygen atoms in total. The van der Waals surface area contributed by atoms with Crippen molar-refractivity contribution in [3.05, 3.63) is 76.5 Å². The number of amides is 2. The van der Waals surface area contributed by atoms with Gasteiger partial charge in [-0.15, -0.1) is 21.5 Å². The topological polar surface area (TPSA) is 113 Å². The Morgan fingerprint density at radius 1 is 1.00 bits per heavy atom. The van der Waals surface area contributed by atoms with Gasteiger partial charge in [0.25, 0.3) is 5.91 Å². The lowest BCUT2D eigenvalue weighted by molar-refractivity contribution is -0.116. The van der Waals surface area contributed by atoms with Crippen molar-refractivity contribution < 1.29 is 9.59 Å². The molecular weight excluding hydrogens is 412 g/mol. The molecule has 156 valence electrons. The average molecular weight is 433 g/mol. The molecule has 0 bridgehead atoms. The van der Waals surface area contributed by atoms with Crippen molar-refractivity contribution in [2.24, 2.45) is 0 Å². The first-order chi connectivity index (χ1) is 15.2. The highest BCUT2D eigenvalue weighted by Gasteiger charge is 2.13. The third-order valence-corrected chi connectivity index (χ3v) is 5.51. The van der Waals surface area contributed by atoms with Crippen LogP contribution in [0.1, 0.15) is 28.1 Å². The Kier molecular flexibility index (Phi) is 6.44. The molecule has 3 N–H and O–H groups in total. The zero-order chi connectivity index (χ0) is 21.5. The van der Waals surface area contributed by atoms with Crippen LogP contribution in [0.5, 0.6) is 0 Å². The highest BCUT2D eigenvalue weighted by molar-refractivity contribution is 7.09. The number of H-pyrrole nitrogens is 1. The highest BCUT2D eigenvalue weighted by Crippen LogP contribution is 2.25. The average Bonchev–Trinajstić information content (AvgIpc) is 3.49. The Labute approximate surface area is 182 Å². The minimum absolute atomic E-state index is 0.0726. The highest BCUT2D eigenvalue weighted by atomic mass is 32.1. The van der Waals surface area contributed by atoms with E-state index in [1.54, 1.807) is 47.7 Å². The Morgan fingerprint density at radius 3 is 2.71 bits per heavy atom. The fourth-order valence-electron chi connectivity index (χ4n) is 3.10. The zero-order valence-electron chi connectivity index (χ0n) is 16.5. The van der Waals surface area contributed by atoms with E-state index >= 15 is 0 Å². The van der Waals surface area contributed by atoms with Crippen molar-refractivity contribution in [3.63, 3.8) is 0 Å². The number of hydrogen-bond donors (Lipinski definition) is 3. The number of benzene rings is 2. The number of para-hydroxylation sites is 1. The first-order valence-electron chi connectivity index (χ1n) is 9.75. The SMILES string of the molecule is O=C(CCCc1cccs1)Nc1cccc(C(=O)Nc2ccccc2-c2nn[nH]n2)c1. The number of hydrogen-bond acceptors (Lipinski definition) is 6. The molecule has 2 aromatic carbocycles. The van der Waals surface area contributed by atoms with Gasteiger partial charge in [0.2, 0.25) is 11.7 Å². The standard InChI is InChI=1S/C22H20N6O2S/c29-20(12-4-8-17-9-5-13-31-17)23-16-7-3-6-15(14-16)22(30)24-19-11-2-1-10-18(19)21-25-27-28-26-21/h1-3,5-7,9-11,13-14H,4,8,12H2,(H,23,29)(H,24,30)(H,25,26,27,28). The van der Waals surface area contributed by atoms with Crippen molar-refractivity contribution in [2.75, 3.05) is 10.6 Å². The fourth-order valence-corrected chi connectivity index (χ4v) is 3.85. The second kappa shape index (κ2) is 9.77. The molecule has 0 atom stereocenters. The van der Waals surface area contributed by atoms with Crippen LogP contribution in [0.15, 0.2) is 66.0 Å². The number of nitrogens with one attached hydrogen (secondary N) is 3. The van der Waals surface area contributed by atoms with E-state index in [0.717, 1.165) is 12.8 Å². The number of carbonyl (C=O) groups excluding carboxylic acids is 2. The molecule has 2 amide bonds. The fraction of sp³-hybridized carbons (Fsp3) is 0.136. The maximum Gasteiger partial charge on any atom is 0.255 e. The number of anilines is 2. The van der Waals surface area contributed by atoms with E-state index in [9.17, 15) is 9.59 Å². The second-order valence-electron chi connectivity index (χ2n) is 6.80. The van der Waals surface area contributed by atoms with Gasteiger partial charge in [-0.2, -0.15) is 5.21 Å². The quantitative estimate of drug-likeness (QED) is 0.387. The lowest BCUT2D eigenvalue weighted by Gasteiger charge is -2.10. The number of carbonyl (C=O) groups is 2. The summed E-state index contributed by atoms with van der Waals surface area (Å²) >= 11 is 1.70. The van der Waals surface area contributed by atoms with Crippen LogP contribution in [0, 0.1) is 0 Å². The number of aromatic nitrogens is 4. The molecular formula is C22H20N6O2S. The molecule has 0 saturated heterocycles. The molecule has 4 rings (SSSR count). The minimum Gasteiger partial charge on any atom is -0.326 e. The van der Waals surface area contributed by atoms with Crippen LogP contribution in [0.25, 0.3) is 11.4 Å². The monoisotopic (exact) mass is 432 g/mol. The van der Waals surface area contributed by atoms with Crippen LogP contribution >= 0.6 is 11.3 Å². The molecule has 0 radical (unpaired) electrons.